The number of hydrogen-bond donors (Lipinski definition) is 1. The molecule has 23 heavy (non-hydrogen) atoms. The molecule has 122 valence electrons. The number of nitrogens with zero attached hydrogens (tertiary/aromatic N) is 4. The van der Waals surface area contributed by atoms with Crippen LogP contribution in [0.1, 0.15) is 39.0 Å². The number of hydrogen-bond acceptors (Lipinski definition) is 4. The second-order valence-corrected chi connectivity index (χ2v) is 6.81. The molecule has 4 rings (SSSR count). The van der Waals surface area contributed by atoms with Gasteiger partial charge in [-0.2, -0.15) is 0 Å². The van der Waals surface area contributed by atoms with Crippen LogP contribution in [0.25, 0.3) is 11.0 Å². The lowest BCUT2D eigenvalue weighted by molar-refractivity contribution is -0.137. The number of anilines is 1. The van der Waals surface area contributed by atoms with Gasteiger partial charge in [-0.3, -0.25) is 4.79 Å². The zero-order valence-electron chi connectivity index (χ0n) is 13.6. The molecule has 0 unspecified atom stereocenters. The highest BCUT2D eigenvalue weighted by Gasteiger charge is 2.44. The van der Waals surface area contributed by atoms with Crippen LogP contribution in [0.4, 0.5) is 5.82 Å². The lowest BCUT2D eigenvalue weighted by atomic mass is 9.78. The second kappa shape index (κ2) is 5.51. The molecule has 2 aromatic rings. The van der Waals surface area contributed by atoms with Crippen LogP contribution in [0.2, 0.25) is 0 Å². The molecule has 0 atom stereocenters. The van der Waals surface area contributed by atoms with Gasteiger partial charge in [-0.1, -0.05) is 19.3 Å². The molecule has 6 nitrogen and oxygen atoms in total. The van der Waals surface area contributed by atoms with Crippen molar-refractivity contribution >= 4 is 22.8 Å². The van der Waals surface area contributed by atoms with Crippen LogP contribution in [0.15, 0.2) is 18.6 Å². The van der Waals surface area contributed by atoms with Crippen LogP contribution in [0.3, 0.4) is 0 Å². The molecule has 2 aromatic heterocycles. The van der Waals surface area contributed by atoms with Crippen molar-refractivity contribution in [2.45, 2.75) is 44.6 Å². The largest absolute Gasteiger partial charge is 0.352 e. The maximum atomic E-state index is 12.2. The number of carbonyl (C=O) groups is 1. The zero-order chi connectivity index (χ0) is 15.9. The van der Waals surface area contributed by atoms with E-state index >= 15 is 0 Å². The summed E-state index contributed by atoms with van der Waals surface area (Å²) in [6.45, 7) is 4.20. The van der Waals surface area contributed by atoms with Crippen LogP contribution in [-0.4, -0.2) is 50.9 Å². The molecule has 6 heteroatoms. The van der Waals surface area contributed by atoms with E-state index in [0.717, 1.165) is 49.3 Å². The first-order valence-corrected chi connectivity index (χ1v) is 8.51. The van der Waals surface area contributed by atoms with Gasteiger partial charge in [0.2, 0.25) is 5.91 Å². The molecule has 1 saturated carbocycles. The molecule has 3 heterocycles. The van der Waals surface area contributed by atoms with Gasteiger partial charge in [-0.05, 0) is 18.9 Å². The fourth-order valence-electron chi connectivity index (χ4n) is 4.40. The predicted molar refractivity (Wildman–Crippen MR) is 89.3 cm³/mol. The summed E-state index contributed by atoms with van der Waals surface area (Å²) in [5.41, 5.74) is 0.859. The van der Waals surface area contributed by atoms with E-state index in [1.807, 2.05) is 12.3 Å². The smallest absolute Gasteiger partial charge is 0.220 e. The molecule has 1 spiro atoms. The summed E-state index contributed by atoms with van der Waals surface area (Å²) in [7, 11) is 0. The Morgan fingerprint density at radius 2 is 2.04 bits per heavy atom. The molecular weight excluding hydrogens is 290 g/mol. The van der Waals surface area contributed by atoms with Crippen molar-refractivity contribution in [3.63, 3.8) is 0 Å². The van der Waals surface area contributed by atoms with E-state index in [1.54, 1.807) is 13.3 Å². The Hall–Kier alpha value is -2.11. The lowest BCUT2D eigenvalue weighted by Crippen LogP contribution is -2.64. The van der Waals surface area contributed by atoms with Gasteiger partial charge in [-0.15, -0.1) is 0 Å². The van der Waals surface area contributed by atoms with E-state index in [2.05, 4.69) is 24.8 Å². The minimum atomic E-state index is -0.0179. The Morgan fingerprint density at radius 1 is 1.22 bits per heavy atom. The summed E-state index contributed by atoms with van der Waals surface area (Å²) < 4.78 is 0. The topological polar surface area (TPSA) is 65.1 Å². The molecule has 1 aliphatic heterocycles. The average molecular weight is 313 g/mol. The van der Waals surface area contributed by atoms with Gasteiger partial charge in [-0.25, -0.2) is 9.97 Å². The first kappa shape index (κ1) is 14.5. The number of carbonyl (C=O) groups excluding carboxylic acids is 1. The summed E-state index contributed by atoms with van der Waals surface area (Å²) in [5, 5.41) is 1.06. The number of aromatic amines is 1. The van der Waals surface area contributed by atoms with Crippen LogP contribution in [0.5, 0.6) is 0 Å². The van der Waals surface area contributed by atoms with E-state index in [-0.39, 0.29) is 11.4 Å². The highest BCUT2D eigenvalue weighted by molar-refractivity contribution is 5.87. The Morgan fingerprint density at radius 3 is 2.83 bits per heavy atom. The third kappa shape index (κ3) is 2.36. The highest BCUT2D eigenvalue weighted by atomic mass is 16.2. The summed E-state index contributed by atoms with van der Waals surface area (Å²) in [6, 6.07) is 2.04. The van der Waals surface area contributed by atoms with Gasteiger partial charge in [0.1, 0.15) is 17.8 Å². The van der Waals surface area contributed by atoms with Crippen molar-refractivity contribution in [2.24, 2.45) is 0 Å². The SMILES string of the molecule is CC(=O)N1CCN(c2ncnc3[nH]ccc23)CC12CCCCC2. The van der Waals surface area contributed by atoms with Crippen molar-refractivity contribution in [2.75, 3.05) is 24.5 Å². The maximum absolute atomic E-state index is 12.2. The van der Waals surface area contributed by atoms with E-state index < -0.39 is 0 Å². The number of aromatic nitrogens is 3. The fourth-order valence-corrected chi connectivity index (χ4v) is 4.40. The third-order valence-electron chi connectivity index (χ3n) is 5.45. The Balaban J connectivity index is 1.69. The van der Waals surface area contributed by atoms with Crippen LogP contribution in [0, 0.1) is 0 Å². The molecule has 1 aliphatic carbocycles. The normalized spacial score (nSPS) is 21.1. The molecular formula is C17H23N5O. The maximum Gasteiger partial charge on any atom is 0.220 e. The summed E-state index contributed by atoms with van der Waals surface area (Å²) in [4.78, 5) is 28.6. The monoisotopic (exact) mass is 313 g/mol. The molecule has 1 N–H and O–H groups in total. The van der Waals surface area contributed by atoms with Crippen LogP contribution >= 0.6 is 0 Å². The van der Waals surface area contributed by atoms with Crippen molar-refractivity contribution in [1.29, 1.82) is 0 Å². The minimum Gasteiger partial charge on any atom is -0.352 e. The van der Waals surface area contributed by atoms with E-state index in [0.29, 0.717) is 0 Å². The Labute approximate surface area is 135 Å². The van der Waals surface area contributed by atoms with E-state index in [9.17, 15) is 4.79 Å². The van der Waals surface area contributed by atoms with Gasteiger partial charge in [0.25, 0.3) is 0 Å². The van der Waals surface area contributed by atoms with Gasteiger partial charge >= 0.3 is 0 Å². The highest BCUT2D eigenvalue weighted by Crippen LogP contribution is 2.38. The zero-order valence-corrected chi connectivity index (χ0v) is 13.6. The predicted octanol–water partition coefficient (Wildman–Crippen LogP) is 2.33. The number of nitrogens with one attached hydrogen (secondary N) is 1. The standard InChI is InChI=1S/C17H23N5O/c1-13(23)22-10-9-21(11-17(22)6-3-2-4-7-17)16-14-5-8-18-15(14)19-12-20-16/h5,8,12H,2-4,6-7,9-11H2,1H3,(H,18,19,20). The van der Waals surface area contributed by atoms with E-state index in [1.165, 1.54) is 19.3 Å². The first-order valence-electron chi connectivity index (χ1n) is 8.51. The molecule has 2 aliphatic rings. The molecule has 1 amide bonds. The van der Waals surface area contributed by atoms with Crippen LogP contribution in [-0.2, 0) is 4.79 Å². The molecule has 0 bridgehead atoms. The summed E-state index contributed by atoms with van der Waals surface area (Å²) in [6.07, 6.45) is 9.43. The number of piperazine rings is 1. The number of rotatable bonds is 1. The summed E-state index contributed by atoms with van der Waals surface area (Å²) >= 11 is 0. The van der Waals surface area contributed by atoms with Crippen molar-refractivity contribution in [3.8, 4) is 0 Å². The quantitative estimate of drug-likeness (QED) is 0.877. The third-order valence-corrected chi connectivity index (χ3v) is 5.45. The molecule has 2 fully saturated rings. The first-order chi connectivity index (χ1) is 11.2. The minimum absolute atomic E-state index is 0.0179. The summed E-state index contributed by atoms with van der Waals surface area (Å²) in [5.74, 6) is 1.20. The molecule has 0 radical (unpaired) electrons. The van der Waals surface area contributed by atoms with Gasteiger partial charge in [0.05, 0.1) is 10.9 Å². The average Bonchev–Trinajstić information content (AvgIpc) is 3.03. The fraction of sp³-hybridized carbons (Fsp3) is 0.588. The van der Waals surface area contributed by atoms with E-state index in [4.69, 9.17) is 0 Å². The van der Waals surface area contributed by atoms with Gasteiger partial charge < -0.3 is 14.8 Å². The lowest BCUT2D eigenvalue weighted by Gasteiger charge is -2.53. The van der Waals surface area contributed by atoms with Gasteiger partial charge in [0.15, 0.2) is 0 Å². The van der Waals surface area contributed by atoms with Crippen molar-refractivity contribution in [3.05, 3.63) is 18.6 Å². The molecule has 0 aromatic carbocycles. The number of amides is 1. The van der Waals surface area contributed by atoms with Crippen molar-refractivity contribution < 1.29 is 4.79 Å². The Bertz CT molecular complexity index is 719. The van der Waals surface area contributed by atoms with Gasteiger partial charge in [0, 0.05) is 32.8 Å². The van der Waals surface area contributed by atoms with Crippen LogP contribution < -0.4 is 4.90 Å². The molecule has 1 saturated heterocycles. The number of fused-ring (bicyclic) bond motifs is 1. The number of H-pyrrole nitrogens is 1. The Kier molecular flexibility index (Phi) is 3.47. The second-order valence-electron chi connectivity index (χ2n) is 6.81. The van der Waals surface area contributed by atoms with Crippen molar-refractivity contribution in [1.82, 2.24) is 19.9 Å².